The van der Waals surface area contributed by atoms with E-state index in [0.717, 1.165) is 0 Å². The Bertz CT molecular complexity index is 943. The van der Waals surface area contributed by atoms with Crippen LogP contribution in [-0.4, -0.2) is 44.0 Å². The smallest absolute Gasteiger partial charge is 0.340 e. The molecule has 5 N–H and O–H groups in total. The van der Waals surface area contributed by atoms with Gasteiger partial charge in [0.15, 0.2) is 21.7 Å². The van der Waals surface area contributed by atoms with E-state index in [1.165, 1.54) is 4.57 Å². The Labute approximate surface area is 130 Å². The molecule has 2 heterocycles. The van der Waals surface area contributed by atoms with Gasteiger partial charge in [-0.3, -0.25) is 18.9 Å². The van der Waals surface area contributed by atoms with Gasteiger partial charge in [-0.1, -0.05) is 4.98 Å². The number of nitrogen functional groups attached to an aromatic ring is 1. The number of nitrogens with two attached hydrogens (primary N) is 1. The van der Waals surface area contributed by atoms with Crippen LogP contribution in [0.3, 0.4) is 0 Å². The van der Waals surface area contributed by atoms with Crippen LogP contribution < -0.4 is 15.9 Å². The van der Waals surface area contributed by atoms with E-state index in [2.05, 4.69) is 9.97 Å². The van der Waals surface area contributed by atoms with Crippen LogP contribution in [0.25, 0.3) is 11.2 Å². The molecule has 11 nitrogen and oxygen atoms in total. The molecule has 128 valence electrons. The predicted octanol–water partition coefficient (Wildman–Crippen LogP) is -1.93. The van der Waals surface area contributed by atoms with Crippen LogP contribution in [0.15, 0.2) is 11.1 Å². The van der Waals surface area contributed by atoms with Crippen LogP contribution in [0.2, 0.25) is 0 Å². The van der Waals surface area contributed by atoms with Crippen molar-refractivity contribution in [1.29, 1.82) is 0 Å². The average molecular weight is 366 g/mol. The summed E-state index contributed by atoms with van der Waals surface area (Å²) < 4.78 is 37.1. The second-order valence-corrected chi connectivity index (χ2v) is 9.40. The molecule has 0 aliphatic carbocycles. The molecule has 0 atom stereocenters. The Morgan fingerprint density at radius 1 is 1.48 bits per heavy atom. The van der Waals surface area contributed by atoms with E-state index < -0.39 is 28.5 Å². The van der Waals surface area contributed by atoms with E-state index in [1.807, 2.05) is 0 Å². The summed E-state index contributed by atoms with van der Waals surface area (Å²) >= 11 is 0. The van der Waals surface area contributed by atoms with Crippen LogP contribution in [0, 0.1) is 0 Å². The third kappa shape index (κ3) is 4.38. The number of hydrogen-bond acceptors (Lipinski definition) is 6. The molecule has 23 heavy (non-hydrogen) atoms. The van der Waals surface area contributed by atoms with Crippen molar-refractivity contribution in [3.63, 3.8) is 0 Å². The minimum atomic E-state index is -4.62. The zero-order chi connectivity index (χ0) is 17.4. The van der Waals surface area contributed by atoms with Crippen molar-refractivity contribution in [3.05, 3.63) is 16.7 Å². The summed E-state index contributed by atoms with van der Waals surface area (Å²) in [6, 6.07) is 0. The molecular formula is C10H17N5O6PS+. The van der Waals surface area contributed by atoms with Crippen LogP contribution >= 0.6 is 7.60 Å². The average Bonchev–Trinajstić information content (AvgIpc) is 2.62. The van der Waals surface area contributed by atoms with Gasteiger partial charge >= 0.3 is 13.2 Å². The van der Waals surface area contributed by atoms with Gasteiger partial charge in [0.25, 0.3) is 11.5 Å². The van der Waals surface area contributed by atoms with Gasteiger partial charge in [-0.2, -0.15) is 0 Å². The van der Waals surface area contributed by atoms with Crippen molar-refractivity contribution in [2.24, 2.45) is 7.05 Å². The number of aryl methyl sites for hydroxylation is 2. The summed E-state index contributed by atoms with van der Waals surface area (Å²) in [4.78, 5) is 35.7. The topological polar surface area (TPSA) is 172 Å². The number of rotatable bonds is 6. The van der Waals surface area contributed by atoms with E-state index in [-0.39, 0.29) is 30.2 Å². The number of fused-ring (bicyclic) bond motifs is 1. The molecule has 0 aliphatic rings. The highest BCUT2D eigenvalue weighted by Crippen LogP contribution is 2.36. The molecule has 13 heteroatoms. The summed E-state index contributed by atoms with van der Waals surface area (Å²) in [6.45, 7) is 0.202. The van der Waals surface area contributed by atoms with Gasteiger partial charge in [-0.25, -0.2) is 13.0 Å². The van der Waals surface area contributed by atoms with Crippen molar-refractivity contribution in [2.75, 3.05) is 17.0 Å². The van der Waals surface area contributed by atoms with Crippen LogP contribution in [0.5, 0.6) is 0 Å². The fourth-order valence-electron chi connectivity index (χ4n) is 2.25. The third-order valence-electron chi connectivity index (χ3n) is 3.05. The minimum Gasteiger partial charge on any atom is -0.355 e. The summed E-state index contributed by atoms with van der Waals surface area (Å²) in [5.41, 5.74) is 4.50. The van der Waals surface area contributed by atoms with E-state index in [4.69, 9.17) is 15.5 Å². The molecule has 0 spiro atoms. The number of nitrogens with zero attached hydrogens (tertiary/aromatic N) is 3. The number of aromatic amines is 1. The molecule has 0 unspecified atom stereocenters. The highest BCUT2D eigenvalue weighted by molar-refractivity contribution is 7.97. The van der Waals surface area contributed by atoms with Gasteiger partial charge in [0.2, 0.25) is 5.52 Å². The quantitative estimate of drug-likeness (QED) is 0.338. The number of H-pyrrole nitrogens is 1. The highest BCUT2D eigenvalue weighted by Gasteiger charge is 2.25. The molecule has 0 radical (unpaired) electrons. The Kier molecular flexibility index (Phi) is 4.62. The zero-order valence-corrected chi connectivity index (χ0v) is 13.9. The molecule has 2 aromatic heterocycles. The van der Waals surface area contributed by atoms with Gasteiger partial charge in [-0.15, -0.1) is 0 Å². The Morgan fingerprint density at radius 3 is 2.74 bits per heavy atom. The Morgan fingerprint density at radius 2 is 2.13 bits per heavy atom. The number of imidazole rings is 1. The van der Waals surface area contributed by atoms with E-state index in [0.29, 0.717) is 5.65 Å². The lowest BCUT2D eigenvalue weighted by atomic mass is 10.4. The van der Waals surface area contributed by atoms with E-state index >= 15 is 0 Å². The summed E-state index contributed by atoms with van der Waals surface area (Å²) in [5, 5.41) is 0. The Hall–Kier alpha value is -1.75. The standard InChI is InChI=1S/C10H16N5O6PS/c1-14-5-15(8-7(14)9(16)13-10(11)12-8)3-2-4-23(20,21)6-22(17,18)19/h5H,2-4,6H2,1H3,(H4-,11,12,13,16,17,18,19)/p+1. The first kappa shape index (κ1) is 17.6. The minimum absolute atomic E-state index is 0.0587. The molecule has 0 fully saturated rings. The predicted molar refractivity (Wildman–Crippen MR) is 81.3 cm³/mol. The molecule has 0 saturated carbocycles. The van der Waals surface area contributed by atoms with Crippen LogP contribution in [0.1, 0.15) is 6.42 Å². The summed E-state index contributed by atoms with van der Waals surface area (Å²) in [6.07, 6.45) is 1.68. The van der Waals surface area contributed by atoms with Crippen molar-refractivity contribution < 1.29 is 27.3 Å². The Balaban J connectivity index is 2.18. The van der Waals surface area contributed by atoms with Crippen LogP contribution in [-0.2, 0) is 28.0 Å². The number of sulfone groups is 1. The van der Waals surface area contributed by atoms with Gasteiger partial charge in [0.05, 0.1) is 19.3 Å². The first-order valence-electron chi connectivity index (χ1n) is 6.48. The maximum absolute atomic E-state index is 11.8. The van der Waals surface area contributed by atoms with E-state index in [9.17, 15) is 17.8 Å². The number of hydrogen-bond donors (Lipinski definition) is 4. The largest absolute Gasteiger partial charge is 0.355 e. The van der Waals surface area contributed by atoms with E-state index in [1.54, 1.807) is 17.9 Å². The van der Waals surface area contributed by atoms with Gasteiger partial charge < -0.3 is 15.5 Å². The molecule has 0 aromatic carbocycles. The van der Waals surface area contributed by atoms with Crippen molar-refractivity contribution in [3.8, 4) is 0 Å². The lowest BCUT2D eigenvalue weighted by Crippen LogP contribution is -2.34. The normalized spacial score (nSPS) is 12.8. The SMILES string of the molecule is Cn1c[n+](CCCS(=O)(=O)CP(=O)(O)O)c2nc(N)[nH]c(=O)c21. The first-order chi connectivity index (χ1) is 10.5. The van der Waals surface area contributed by atoms with Crippen LogP contribution in [0.4, 0.5) is 5.95 Å². The summed E-state index contributed by atoms with van der Waals surface area (Å²) in [5.74, 6) is -0.447. The van der Waals surface area contributed by atoms with Crippen molar-refractivity contribution in [2.45, 2.75) is 13.0 Å². The van der Waals surface area contributed by atoms with Crippen molar-refractivity contribution >= 4 is 34.5 Å². The fourth-order valence-corrected chi connectivity index (χ4v) is 5.39. The molecule has 2 rings (SSSR count). The van der Waals surface area contributed by atoms with Gasteiger partial charge in [-0.05, 0) is 6.42 Å². The lowest BCUT2D eigenvalue weighted by molar-refractivity contribution is -0.673. The maximum atomic E-state index is 11.8. The molecule has 0 bridgehead atoms. The fraction of sp³-hybridized carbons (Fsp3) is 0.500. The maximum Gasteiger partial charge on any atom is 0.340 e. The second kappa shape index (κ2) is 6.04. The molecule has 0 saturated heterocycles. The molecule has 0 aliphatic heterocycles. The molecule has 0 amide bonds. The third-order valence-corrected chi connectivity index (χ3v) is 6.88. The van der Waals surface area contributed by atoms with Gasteiger partial charge in [0.1, 0.15) is 0 Å². The molecular weight excluding hydrogens is 349 g/mol. The number of anilines is 1. The number of aromatic nitrogens is 4. The summed E-state index contributed by atoms with van der Waals surface area (Å²) in [7, 11) is -6.85. The number of nitrogens with one attached hydrogen (secondary N) is 1. The monoisotopic (exact) mass is 366 g/mol. The molecule has 2 aromatic rings. The van der Waals surface area contributed by atoms with Gasteiger partial charge in [0, 0.05) is 0 Å². The highest BCUT2D eigenvalue weighted by atomic mass is 32.2. The second-order valence-electron chi connectivity index (χ2n) is 5.14. The zero-order valence-electron chi connectivity index (χ0n) is 12.2. The lowest BCUT2D eigenvalue weighted by Gasteiger charge is -2.05. The first-order valence-corrected chi connectivity index (χ1v) is 10.1. The van der Waals surface area contributed by atoms with Crippen molar-refractivity contribution in [1.82, 2.24) is 14.5 Å².